The Morgan fingerprint density at radius 2 is 1.47 bits per heavy atom. The summed E-state index contributed by atoms with van der Waals surface area (Å²) < 4.78 is 38.9. The maximum absolute atomic E-state index is 13.6. The van der Waals surface area contributed by atoms with Gasteiger partial charge in [0.2, 0.25) is 11.8 Å². The molecule has 21 nitrogen and oxygen atoms in total. The molecule has 1 unspecified atom stereocenters. The predicted octanol–water partition coefficient (Wildman–Crippen LogP) is 3.45. The zero-order chi connectivity index (χ0) is 52.9. The van der Waals surface area contributed by atoms with E-state index in [1.54, 1.807) is 0 Å². The third-order valence-corrected chi connectivity index (χ3v) is 12.7. The zero-order valence-electron chi connectivity index (χ0n) is 43.2. The second-order valence-electron chi connectivity index (χ2n) is 18.3. The first-order chi connectivity index (χ1) is 35.9. The highest BCUT2D eigenvalue weighted by atomic mass is 32.1. The molecule has 0 bridgehead atoms. The topological polar surface area (TPSA) is 259 Å². The van der Waals surface area contributed by atoms with Crippen LogP contribution in [-0.4, -0.2) is 186 Å². The Morgan fingerprint density at radius 1 is 0.851 bits per heavy atom. The van der Waals surface area contributed by atoms with E-state index < -0.39 is 12.1 Å². The number of allylic oxidation sites excluding steroid dienone is 1. The molecular weight excluding hydrogens is 975 g/mol. The molecule has 6 amide bonds. The average molecular weight is 1050 g/mol. The van der Waals surface area contributed by atoms with Crippen molar-refractivity contribution < 1.29 is 57.1 Å². The number of benzene rings is 1. The number of nitrogens with zero attached hydrogens (tertiary/aromatic N) is 3. The molecule has 0 spiro atoms. The number of carbonyl (C=O) groups is 5. The van der Waals surface area contributed by atoms with Gasteiger partial charge in [0.25, 0.3) is 17.0 Å². The number of thiocarbonyl (C=S) groups is 1. The number of anilines is 1. The molecule has 3 heterocycles. The third-order valence-electron chi connectivity index (χ3n) is 12.3. The lowest BCUT2D eigenvalue weighted by atomic mass is 9.83. The van der Waals surface area contributed by atoms with Gasteiger partial charge in [-0.25, -0.2) is 4.79 Å². The number of hydrogen-bond donors (Lipinski definition) is 6. The van der Waals surface area contributed by atoms with Crippen LogP contribution >= 0.6 is 12.2 Å². The number of urea groups is 1. The molecule has 0 saturated heterocycles. The number of ether oxygens (including phenoxy) is 7. The first kappa shape index (κ1) is 59.1. The summed E-state index contributed by atoms with van der Waals surface area (Å²) in [6.07, 6.45) is 10.8. The van der Waals surface area contributed by atoms with Crippen molar-refractivity contribution in [1.82, 2.24) is 30.7 Å². The van der Waals surface area contributed by atoms with Crippen molar-refractivity contribution in [3.8, 4) is 0 Å². The monoisotopic (exact) mass is 1050 g/mol. The van der Waals surface area contributed by atoms with Gasteiger partial charge >= 0.3 is 6.03 Å². The molecule has 0 radical (unpaired) electrons. The molecule has 1 aliphatic carbocycles. The van der Waals surface area contributed by atoms with Crippen LogP contribution in [0.1, 0.15) is 75.1 Å². The van der Waals surface area contributed by atoms with Gasteiger partial charge in [-0.05, 0) is 91.2 Å². The van der Waals surface area contributed by atoms with Crippen molar-refractivity contribution in [2.45, 2.75) is 77.0 Å². The van der Waals surface area contributed by atoms with Gasteiger partial charge in [0.05, 0.1) is 85.8 Å². The number of aliphatic imine (C=N–C) groups is 1. The normalized spacial score (nSPS) is 15.6. The van der Waals surface area contributed by atoms with Crippen molar-refractivity contribution in [2.24, 2.45) is 16.6 Å². The molecule has 2 aliphatic heterocycles. The number of fused-ring (bicyclic) bond motifs is 3. The SMILES string of the molecule is CC(C)[C@H](NC(=O)CCOCCOCCOCCOCCOCCOCCN1C(=O)C=CC1=O)C(=O)N[C@@H](CCCNC(N)=O)CNc1ccc(COC(=S)N(C)CCCC2=Cc3[nH]ccc3C3CCN=C23)cc1. The van der Waals surface area contributed by atoms with Crippen LogP contribution in [0.5, 0.6) is 0 Å². The Labute approximate surface area is 440 Å². The highest BCUT2D eigenvalue weighted by Crippen LogP contribution is 2.38. The molecule has 3 aliphatic rings. The van der Waals surface area contributed by atoms with Gasteiger partial charge in [0.15, 0.2) is 0 Å². The molecule has 22 heteroatoms. The number of aromatic amines is 1. The van der Waals surface area contributed by atoms with Crippen molar-refractivity contribution >= 4 is 64.5 Å². The molecule has 1 aromatic heterocycles. The van der Waals surface area contributed by atoms with Crippen LogP contribution in [0.3, 0.4) is 0 Å². The summed E-state index contributed by atoms with van der Waals surface area (Å²) in [5.74, 6) is -1.06. The van der Waals surface area contributed by atoms with Crippen LogP contribution in [-0.2, 0) is 58.9 Å². The minimum absolute atomic E-state index is 0.0702. The summed E-state index contributed by atoms with van der Waals surface area (Å²) in [4.78, 5) is 72.1. The molecule has 1 aromatic carbocycles. The van der Waals surface area contributed by atoms with E-state index in [-0.39, 0.29) is 61.8 Å². The summed E-state index contributed by atoms with van der Waals surface area (Å²) >= 11 is 5.62. The molecule has 5 rings (SSSR count). The Morgan fingerprint density at radius 3 is 2.09 bits per heavy atom. The Balaban J connectivity index is 0.890. The maximum Gasteiger partial charge on any atom is 0.312 e. The van der Waals surface area contributed by atoms with Crippen LogP contribution < -0.4 is 27.0 Å². The van der Waals surface area contributed by atoms with Crippen molar-refractivity contribution in [2.75, 3.05) is 124 Å². The minimum Gasteiger partial charge on any atom is -0.466 e. The Hall–Kier alpha value is -5.75. The maximum atomic E-state index is 13.6. The second-order valence-corrected chi connectivity index (χ2v) is 18.6. The molecule has 3 atom stereocenters. The van der Waals surface area contributed by atoms with Crippen molar-refractivity contribution in [3.05, 3.63) is 71.1 Å². The molecular formula is C52H77N9O12S. The molecule has 7 N–H and O–H groups in total. The van der Waals surface area contributed by atoms with E-state index in [2.05, 4.69) is 38.4 Å². The summed E-state index contributed by atoms with van der Waals surface area (Å²) in [5, 5.41) is 12.4. The van der Waals surface area contributed by atoms with Crippen LogP contribution in [0.4, 0.5) is 10.5 Å². The fourth-order valence-electron chi connectivity index (χ4n) is 8.30. The largest absolute Gasteiger partial charge is 0.466 e. The van der Waals surface area contributed by atoms with Gasteiger partial charge in [-0.1, -0.05) is 26.0 Å². The van der Waals surface area contributed by atoms with Gasteiger partial charge in [-0.15, -0.1) is 0 Å². The molecule has 0 fully saturated rings. The van der Waals surface area contributed by atoms with Crippen LogP contribution in [0.15, 0.2) is 59.2 Å². The van der Waals surface area contributed by atoms with Crippen molar-refractivity contribution in [3.63, 3.8) is 0 Å². The number of amides is 6. The lowest BCUT2D eigenvalue weighted by Crippen LogP contribution is -2.53. The number of carbonyl (C=O) groups excluding carboxylic acids is 5. The zero-order valence-corrected chi connectivity index (χ0v) is 44.0. The van der Waals surface area contributed by atoms with E-state index in [0.29, 0.717) is 110 Å². The predicted molar refractivity (Wildman–Crippen MR) is 284 cm³/mol. The smallest absolute Gasteiger partial charge is 0.312 e. The Kier molecular flexibility index (Phi) is 26.6. The molecule has 0 saturated carbocycles. The number of aromatic nitrogens is 1. The van der Waals surface area contributed by atoms with E-state index in [4.69, 9.17) is 56.1 Å². The van der Waals surface area contributed by atoms with Crippen molar-refractivity contribution in [1.29, 1.82) is 0 Å². The number of rotatable bonds is 38. The van der Waals surface area contributed by atoms with Gasteiger partial charge in [-0.2, -0.15) is 0 Å². The number of nitrogens with two attached hydrogens (primary N) is 1. The summed E-state index contributed by atoms with van der Waals surface area (Å²) in [5.41, 5.74) is 12.2. The lowest BCUT2D eigenvalue weighted by Gasteiger charge is -2.26. The highest BCUT2D eigenvalue weighted by Gasteiger charge is 2.31. The van der Waals surface area contributed by atoms with E-state index in [9.17, 15) is 24.0 Å². The third kappa shape index (κ3) is 21.2. The quantitative estimate of drug-likeness (QED) is 0.0320. The number of imide groups is 1. The molecule has 408 valence electrons. The van der Waals surface area contributed by atoms with Crippen LogP contribution in [0.2, 0.25) is 0 Å². The number of nitrogens with one attached hydrogen (secondary N) is 5. The summed E-state index contributed by atoms with van der Waals surface area (Å²) in [7, 11) is 1.95. The summed E-state index contributed by atoms with van der Waals surface area (Å²) in [6, 6.07) is 8.27. The fourth-order valence-corrected chi connectivity index (χ4v) is 8.45. The molecule has 2 aromatic rings. The second kappa shape index (κ2) is 33.2. The van der Waals surface area contributed by atoms with Gasteiger partial charge < -0.3 is 70.0 Å². The van der Waals surface area contributed by atoms with Crippen LogP contribution in [0.25, 0.3) is 6.08 Å². The minimum atomic E-state index is -0.776. The average Bonchev–Trinajstić information content (AvgIpc) is 4.15. The van der Waals surface area contributed by atoms with Gasteiger partial charge in [0, 0.05) is 87.0 Å². The highest BCUT2D eigenvalue weighted by molar-refractivity contribution is 7.80. The first-order valence-electron chi connectivity index (χ1n) is 25.7. The number of primary amides is 1. The summed E-state index contributed by atoms with van der Waals surface area (Å²) in [6.45, 7) is 10.8. The van der Waals surface area contributed by atoms with Crippen LogP contribution in [0, 0.1) is 5.92 Å². The van der Waals surface area contributed by atoms with Gasteiger partial charge in [0.1, 0.15) is 12.6 Å². The van der Waals surface area contributed by atoms with E-state index >= 15 is 0 Å². The van der Waals surface area contributed by atoms with E-state index in [1.165, 1.54) is 34.7 Å². The number of H-pyrrole nitrogens is 1. The van der Waals surface area contributed by atoms with E-state index in [1.807, 2.05) is 56.3 Å². The van der Waals surface area contributed by atoms with Gasteiger partial charge in [-0.3, -0.25) is 29.1 Å². The fraction of sp³-hybridized carbons (Fsp3) is 0.596. The van der Waals surface area contributed by atoms with E-state index in [0.717, 1.165) is 48.5 Å². The standard InChI is InChI=1S/C52H77N9O12S/c1-37(2)48(59-45(62)16-22-67-24-26-69-28-30-71-32-33-72-31-29-70-27-25-68-23-21-61-46(63)12-13-47(61)64)50(65)58-41(7-4-17-56-51(53)66)35-57-40-10-8-38(9-11-40)36-73-52(74)60(3)20-5-6-39-34-44-42(14-18-54-44)43-15-19-55-49(39)43/h8-14,18,34,37,41,43,48,54,57H,4-7,15-17,19-33,35-36H2,1-3H3,(H,58,65)(H,59,62)(H3,53,56,66)/t41-,43?,48-/m0/s1. The Bertz CT molecular complexity index is 2170. The number of hydrogen-bond acceptors (Lipinski definition) is 15. The molecule has 74 heavy (non-hydrogen) atoms. The lowest BCUT2D eigenvalue weighted by molar-refractivity contribution is -0.137. The first-order valence-corrected chi connectivity index (χ1v) is 26.1.